The fraction of sp³-hybridized carbons (Fsp3) is 1.00. The van der Waals surface area contributed by atoms with Crippen LogP contribution in [0.5, 0.6) is 0 Å². The van der Waals surface area contributed by atoms with Crippen LogP contribution in [0.4, 0.5) is 0 Å². The smallest absolute Gasteiger partial charge is 0.0605 e. The first-order valence-corrected chi connectivity index (χ1v) is 7.74. The fourth-order valence-corrected chi connectivity index (χ4v) is 3.63. The van der Waals surface area contributed by atoms with Crippen molar-refractivity contribution in [3.63, 3.8) is 0 Å². The van der Waals surface area contributed by atoms with Crippen LogP contribution in [0, 0.1) is 11.8 Å². The summed E-state index contributed by atoms with van der Waals surface area (Å²) in [5.74, 6) is 1.30. The van der Waals surface area contributed by atoms with E-state index in [1.807, 2.05) is 0 Å². The maximum absolute atomic E-state index is 9.21. The largest absolute Gasteiger partial charge is 0.396 e. The molecule has 0 aromatic carbocycles. The van der Waals surface area contributed by atoms with Gasteiger partial charge in [0.15, 0.2) is 0 Å². The maximum Gasteiger partial charge on any atom is 0.0605 e. The zero-order valence-electron chi connectivity index (χ0n) is 11.6. The third kappa shape index (κ3) is 2.89. The van der Waals surface area contributed by atoms with Gasteiger partial charge in [0.25, 0.3) is 0 Å². The summed E-state index contributed by atoms with van der Waals surface area (Å²) in [5.41, 5.74) is 0. The number of piperidine rings is 1. The average molecular weight is 253 g/mol. The van der Waals surface area contributed by atoms with Gasteiger partial charge in [0.2, 0.25) is 0 Å². The van der Waals surface area contributed by atoms with Gasteiger partial charge in [-0.3, -0.25) is 4.90 Å². The van der Waals surface area contributed by atoms with Crippen molar-refractivity contribution in [1.82, 2.24) is 4.90 Å². The summed E-state index contributed by atoms with van der Waals surface area (Å²) in [4.78, 5) is 2.65. The van der Waals surface area contributed by atoms with Gasteiger partial charge in [-0.25, -0.2) is 0 Å². The lowest BCUT2D eigenvalue weighted by atomic mass is 9.98. The van der Waals surface area contributed by atoms with Gasteiger partial charge in [0, 0.05) is 31.8 Å². The molecule has 0 radical (unpaired) electrons. The van der Waals surface area contributed by atoms with E-state index < -0.39 is 0 Å². The highest BCUT2D eigenvalue weighted by atomic mass is 16.5. The molecule has 3 unspecified atom stereocenters. The molecule has 2 heterocycles. The van der Waals surface area contributed by atoms with Gasteiger partial charge >= 0.3 is 0 Å². The number of aliphatic hydroxyl groups is 1. The van der Waals surface area contributed by atoms with Crippen LogP contribution in [-0.4, -0.2) is 48.0 Å². The van der Waals surface area contributed by atoms with Crippen molar-refractivity contribution < 1.29 is 9.84 Å². The molecule has 104 valence electrons. The van der Waals surface area contributed by atoms with E-state index in [9.17, 15) is 5.11 Å². The molecule has 3 nitrogen and oxygen atoms in total. The Hall–Kier alpha value is -0.120. The molecule has 0 spiro atoms. The molecule has 2 saturated heterocycles. The number of rotatable bonds is 6. The van der Waals surface area contributed by atoms with Crippen molar-refractivity contribution in [3.05, 3.63) is 0 Å². The lowest BCUT2D eigenvalue weighted by Gasteiger charge is -2.40. The van der Waals surface area contributed by atoms with Crippen LogP contribution in [0.15, 0.2) is 0 Å². The average Bonchev–Trinajstić information content (AvgIpc) is 3.16. The van der Waals surface area contributed by atoms with Crippen molar-refractivity contribution in [1.29, 1.82) is 0 Å². The summed E-state index contributed by atoms with van der Waals surface area (Å²) >= 11 is 0. The lowest BCUT2D eigenvalue weighted by molar-refractivity contribution is -0.0288. The Morgan fingerprint density at radius 1 is 1.17 bits per heavy atom. The summed E-state index contributed by atoms with van der Waals surface area (Å²) in [7, 11) is 0. The van der Waals surface area contributed by atoms with E-state index in [0.717, 1.165) is 31.2 Å². The Kier molecular flexibility index (Phi) is 3.92. The second-order valence-electron chi connectivity index (χ2n) is 6.74. The van der Waals surface area contributed by atoms with Gasteiger partial charge in [-0.05, 0) is 50.4 Å². The van der Waals surface area contributed by atoms with E-state index >= 15 is 0 Å². The van der Waals surface area contributed by atoms with Gasteiger partial charge in [-0.15, -0.1) is 0 Å². The zero-order valence-corrected chi connectivity index (χ0v) is 11.6. The number of nitrogens with zero attached hydrogens (tertiary/aromatic N) is 1. The fourth-order valence-electron chi connectivity index (χ4n) is 3.63. The molecule has 0 aromatic heterocycles. The Bertz CT molecular complexity index is 266. The zero-order chi connectivity index (χ0) is 12.5. The van der Waals surface area contributed by atoms with Crippen LogP contribution in [0.25, 0.3) is 0 Å². The second-order valence-corrected chi connectivity index (χ2v) is 6.74. The highest BCUT2D eigenvalue weighted by molar-refractivity contribution is 4.96. The van der Waals surface area contributed by atoms with E-state index in [1.54, 1.807) is 0 Å². The van der Waals surface area contributed by atoms with Crippen LogP contribution in [0.3, 0.4) is 0 Å². The molecule has 3 aliphatic rings. The normalized spacial score (nSPS) is 38.0. The number of hydrogen-bond donors (Lipinski definition) is 1. The Morgan fingerprint density at radius 3 is 2.39 bits per heavy atom. The molecular weight excluding hydrogens is 226 g/mol. The highest BCUT2D eigenvalue weighted by Gasteiger charge is 2.41. The lowest BCUT2D eigenvalue weighted by Crippen LogP contribution is -2.47. The molecule has 1 saturated carbocycles. The van der Waals surface area contributed by atoms with Crippen molar-refractivity contribution in [2.24, 2.45) is 11.8 Å². The van der Waals surface area contributed by atoms with Gasteiger partial charge < -0.3 is 9.84 Å². The third-order valence-corrected chi connectivity index (χ3v) is 4.94. The van der Waals surface area contributed by atoms with Gasteiger partial charge in [0.1, 0.15) is 0 Å². The molecule has 1 aliphatic carbocycles. The number of fused-ring (bicyclic) bond motifs is 2. The van der Waals surface area contributed by atoms with Crippen molar-refractivity contribution in [2.75, 3.05) is 19.8 Å². The highest BCUT2D eigenvalue weighted by Crippen LogP contribution is 2.38. The van der Waals surface area contributed by atoms with E-state index in [0.29, 0.717) is 18.6 Å². The molecule has 0 aromatic rings. The molecule has 3 rings (SSSR count). The van der Waals surface area contributed by atoms with E-state index in [1.165, 1.54) is 38.5 Å². The predicted octanol–water partition coefficient (Wildman–Crippen LogP) is 2.04. The van der Waals surface area contributed by atoms with Gasteiger partial charge in [-0.1, -0.05) is 6.92 Å². The number of aliphatic hydroxyl groups excluding tert-OH is 1. The summed E-state index contributed by atoms with van der Waals surface area (Å²) < 4.78 is 6.09. The Balaban J connectivity index is 1.49. The molecule has 3 atom stereocenters. The van der Waals surface area contributed by atoms with E-state index in [4.69, 9.17) is 4.74 Å². The van der Waals surface area contributed by atoms with E-state index in [-0.39, 0.29) is 0 Å². The predicted molar refractivity (Wildman–Crippen MR) is 71.5 cm³/mol. The molecule has 18 heavy (non-hydrogen) atoms. The molecule has 2 aliphatic heterocycles. The molecule has 2 bridgehead atoms. The van der Waals surface area contributed by atoms with Crippen LogP contribution < -0.4 is 0 Å². The minimum atomic E-state index is 0.317. The minimum absolute atomic E-state index is 0.317. The molecule has 3 heteroatoms. The van der Waals surface area contributed by atoms with Crippen molar-refractivity contribution in [2.45, 2.75) is 63.6 Å². The second kappa shape index (κ2) is 5.48. The molecular formula is C15H27NO2. The van der Waals surface area contributed by atoms with Crippen LogP contribution in [0.1, 0.15) is 45.4 Å². The summed E-state index contributed by atoms with van der Waals surface area (Å²) in [6.07, 6.45) is 8.42. The van der Waals surface area contributed by atoms with Gasteiger partial charge in [-0.2, -0.15) is 0 Å². The number of ether oxygens (including phenoxy) is 1. The summed E-state index contributed by atoms with van der Waals surface area (Å²) in [6.45, 7) is 4.55. The first-order chi connectivity index (χ1) is 8.76. The van der Waals surface area contributed by atoms with Crippen LogP contribution in [-0.2, 0) is 4.74 Å². The van der Waals surface area contributed by atoms with Crippen LogP contribution in [0.2, 0.25) is 0 Å². The third-order valence-electron chi connectivity index (χ3n) is 4.94. The first-order valence-electron chi connectivity index (χ1n) is 7.74. The monoisotopic (exact) mass is 253 g/mol. The van der Waals surface area contributed by atoms with Gasteiger partial charge in [0.05, 0.1) is 6.10 Å². The Labute approximate surface area is 110 Å². The van der Waals surface area contributed by atoms with Crippen molar-refractivity contribution >= 4 is 0 Å². The first kappa shape index (κ1) is 12.9. The Morgan fingerprint density at radius 2 is 1.83 bits per heavy atom. The quantitative estimate of drug-likeness (QED) is 0.786. The maximum atomic E-state index is 9.21. The minimum Gasteiger partial charge on any atom is -0.396 e. The summed E-state index contributed by atoms with van der Waals surface area (Å²) in [5, 5.41) is 9.21. The topological polar surface area (TPSA) is 32.7 Å². The van der Waals surface area contributed by atoms with Crippen LogP contribution >= 0.6 is 0 Å². The number of hydrogen-bond acceptors (Lipinski definition) is 3. The SMILES string of the molecule is CC(CO)CN1C2CCC1CC(OCC1CC1)C2. The molecule has 0 amide bonds. The molecule has 3 fully saturated rings. The summed E-state index contributed by atoms with van der Waals surface area (Å²) in [6, 6.07) is 1.45. The van der Waals surface area contributed by atoms with Crippen molar-refractivity contribution in [3.8, 4) is 0 Å². The van der Waals surface area contributed by atoms with E-state index in [2.05, 4.69) is 11.8 Å². The standard InChI is InChI=1S/C15H27NO2/c1-11(9-17)8-16-13-4-5-14(16)7-15(6-13)18-10-12-2-3-12/h11-15,17H,2-10H2,1H3. The molecule has 1 N–H and O–H groups in total.